The molecule has 2 rings (SSSR count). The number of nitrogens with zero attached hydrogens (tertiary/aromatic N) is 2. The van der Waals surface area contributed by atoms with Crippen LogP contribution in [0.15, 0.2) is 24.5 Å². The molecule has 14 heavy (non-hydrogen) atoms. The van der Waals surface area contributed by atoms with Gasteiger partial charge in [-0.2, -0.15) is 0 Å². The van der Waals surface area contributed by atoms with E-state index in [9.17, 15) is 0 Å². The van der Waals surface area contributed by atoms with Gasteiger partial charge in [-0.3, -0.25) is 4.98 Å². The lowest BCUT2D eigenvalue weighted by Gasteiger charge is -2.16. The average molecular weight is 190 g/mol. The minimum atomic E-state index is 0.382. The Bertz CT molecular complexity index is 336. The molecule has 1 aliphatic rings. The van der Waals surface area contributed by atoms with Crippen LogP contribution in [-0.2, 0) is 0 Å². The summed E-state index contributed by atoms with van der Waals surface area (Å²) in [5, 5.41) is 0. The molecule has 1 aromatic heterocycles. The van der Waals surface area contributed by atoms with Gasteiger partial charge in [-0.25, -0.2) is 4.98 Å². The Hall–Kier alpha value is -1.38. The molecule has 0 saturated heterocycles. The zero-order valence-corrected chi connectivity index (χ0v) is 8.31. The van der Waals surface area contributed by atoms with Crippen LogP contribution in [0.5, 0.6) is 5.88 Å². The average Bonchev–Trinajstić information content (AvgIpc) is 2.30. The first kappa shape index (κ1) is 9.19. The van der Waals surface area contributed by atoms with Gasteiger partial charge >= 0.3 is 0 Å². The predicted octanol–water partition coefficient (Wildman–Crippen LogP) is 2.31. The molecule has 0 bridgehead atoms. The van der Waals surface area contributed by atoms with Gasteiger partial charge in [-0.1, -0.05) is 12.2 Å². The van der Waals surface area contributed by atoms with Gasteiger partial charge in [0.1, 0.15) is 5.69 Å². The smallest absolute Gasteiger partial charge is 0.235 e. The van der Waals surface area contributed by atoms with E-state index in [1.54, 1.807) is 19.5 Å². The van der Waals surface area contributed by atoms with Crippen molar-refractivity contribution in [2.24, 2.45) is 0 Å². The molecule has 1 aliphatic carbocycles. The summed E-state index contributed by atoms with van der Waals surface area (Å²) >= 11 is 0. The van der Waals surface area contributed by atoms with Gasteiger partial charge in [0.25, 0.3) is 0 Å². The first-order chi connectivity index (χ1) is 6.92. The van der Waals surface area contributed by atoms with Crippen LogP contribution in [0.25, 0.3) is 0 Å². The van der Waals surface area contributed by atoms with Gasteiger partial charge in [0, 0.05) is 18.3 Å². The summed E-state index contributed by atoms with van der Waals surface area (Å²) in [4.78, 5) is 8.49. The summed E-state index contributed by atoms with van der Waals surface area (Å²) in [5.41, 5.74) is 0.964. The molecule has 3 heteroatoms. The van der Waals surface area contributed by atoms with Gasteiger partial charge in [-0.15, -0.1) is 0 Å². The molecule has 1 atom stereocenters. The van der Waals surface area contributed by atoms with Crippen LogP contribution in [-0.4, -0.2) is 17.1 Å². The highest BCUT2D eigenvalue weighted by molar-refractivity contribution is 5.26. The maximum Gasteiger partial charge on any atom is 0.235 e. The zero-order valence-electron chi connectivity index (χ0n) is 8.31. The fourth-order valence-electron chi connectivity index (χ4n) is 1.79. The molecule has 1 heterocycles. The molecule has 1 unspecified atom stereocenters. The fraction of sp³-hybridized carbons (Fsp3) is 0.455. The Kier molecular flexibility index (Phi) is 2.77. The summed E-state index contributed by atoms with van der Waals surface area (Å²) in [6, 6.07) is 0. The maximum atomic E-state index is 5.19. The fourth-order valence-corrected chi connectivity index (χ4v) is 1.79. The quantitative estimate of drug-likeness (QED) is 0.671. The van der Waals surface area contributed by atoms with Gasteiger partial charge in [0.2, 0.25) is 5.88 Å². The molecule has 0 N–H and O–H groups in total. The van der Waals surface area contributed by atoms with E-state index in [4.69, 9.17) is 4.74 Å². The molecule has 1 aromatic rings. The van der Waals surface area contributed by atoms with Crippen molar-refractivity contribution in [3.63, 3.8) is 0 Å². The molecule has 74 valence electrons. The van der Waals surface area contributed by atoms with Crippen LogP contribution < -0.4 is 4.74 Å². The van der Waals surface area contributed by atoms with Crippen LogP contribution in [0.3, 0.4) is 0 Å². The Labute approximate surface area is 83.8 Å². The topological polar surface area (TPSA) is 35.0 Å². The van der Waals surface area contributed by atoms with E-state index in [0.717, 1.165) is 12.1 Å². The highest BCUT2D eigenvalue weighted by atomic mass is 16.5. The minimum absolute atomic E-state index is 0.382. The van der Waals surface area contributed by atoms with Crippen molar-refractivity contribution >= 4 is 0 Å². The van der Waals surface area contributed by atoms with Crippen LogP contribution in [0, 0.1) is 0 Å². The Morgan fingerprint density at radius 3 is 2.93 bits per heavy atom. The van der Waals surface area contributed by atoms with E-state index >= 15 is 0 Å². The summed E-state index contributed by atoms with van der Waals surface area (Å²) < 4.78 is 5.19. The molecular formula is C11H14N2O. The van der Waals surface area contributed by atoms with Crippen molar-refractivity contribution in [2.75, 3.05) is 7.11 Å². The van der Waals surface area contributed by atoms with Crippen LogP contribution >= 0.6 is 0 Å². The van der Waals surface area contributed by atoms with E-state index in [1.807, 2.05) is 0 Å². The van der Waals surface area contributed by atoms with Crippen molar-refractivity contribution in [1.29, 1.82) is 0 Å². The molecule has 0 aromatic carbocycles. The van der Waals surface area contributed by atoms with Crippen molar-refractivity contribution < 1.29 is 4.74 Å². The largest absolute Gasteiger partial charge is 0.480 e. The SMILES string of the molecule is COc1nccnc1C1C=CCCC1. The molecule has 0 radical (unpaired) electrons. The highest BCUT2D eigenvalue weighted by Crippen LogP contribution is 2.30. The second kappa shape index (κ2) is 4.22. The lowest BCUT2D eigenvalue weighted by Crippen LogP contribution is -2.05. The Morgan fingerprint density at radius 1 is 1.36 bits per heavy atom. The summed E-state index contributed by atoms with van der Waals surface area (Å²) in [7, 11) is 1.64. The number of hydrogen-bond acceptors (Lipinski definition) is 3. The third kappa shape index (κ3) is 1.76. The highest BCUT2D eigenvalue weighted by Gasteiger charge is 2.17. The lowest BCUT2D eigenvalue weighted by atomic mass is 9.93. The molecule has 0 fully saturated rings. The number of methoxy groups -OCH3 is 1. The van der Waals surface area contributed by atoms with Crippen molar-refractivity contribution in [2.45, 2.75) is 25.2 Å². The van der Waals surface area contributed by atoms with E-state index in [2.05, 4.69) is 22.1 Å². The van der Waals surface area contributed by atoms with Crippen molar-refractivity contribution in [1.82, 2.24) is 9.97 Å². The van der Waals surface area contributed by atoms with E-state index in [-0.39, 0.29) is 0 Å². The van der Waals surface area contributed by atoms with Crippen LogP contribution in [0.1, 0.15) is 30.9 Å². The van der Waals surface area contributed by atoms with Crippen LogP contribution in [0.4, 0.5) is 0 Å². The number of allylic oxidation sites excluding steroid dienone is 2. The molecule has 3 nitrogen and oxygen atoms in total. The lowest BCUT2D eigenvalue weighted by molar-refractivity contribution is 0.385. The second-order valence-electron chi connectivity index (χ2n) is 3.42. The number of aromatic nitrogens is 2. The van der Waals surface area contributed by atoms with Crippen molar-refractivity contribution in [3.8, 4) is 5.88 Å². The van der Waals surface area contributed by atoms with E-state index in [0.29, 0.717) is 11.8 Å². The normalized spacial score (nSPS) is 20.8. The standard InChI is InChI=1S/C11H14N2O/c1-14-11-10(12-7-8-13-11)9-5-3-2-4-6-9/h3,5,7-9H,2,4,6H2,1H3. The van der Waals surface area contributed by atoms with Gasteiger partial charge in [0.15, 0.2) is 0 Å². The first-order valence-electron chi connectivity index (χ1n) is 4.93. The van der Waals surface area contributed by atoms with Crippen molar-refractivity contribution in [3.05, 3.63) is 30.2 Å². The summed E-state index contributed by atoms with van der Waals surface area (Å²) in [5.74, 6) is 1.04. The van der Waals surface area contributed by atoms with E-state index in [1.165, 1.54) is 12.8 Å². The predicted molar refractivity (Wildman–Crippen MR) is 54.3 cm³/mol. The summed E-state index contributed by atoms with van der Waals surface area (Å²) in [6.45, 7) is 0. The third-order valence-corrected chi connectivity index (χ3v) is 2.49. The van der Waals surface area contributed by atoms with Gasteiger partial charge < -0.3 is 4.74 Å². The zero-order chi connectivity index (χ0) is 9.80. The third-order valence-electron chi connectivity index (χ3n) is 2.49. The first-order valence-corrected chi connectivity index (χ1v) is 4.93. The molecule has 0 aliphatic heterocycles. The number of hydrogen-bond donors (Lipinski definition) is 0. The van der Waals surface area contributed by atoms with Gasteiger partial charge in [0.05, 0.1) is 7.11 Å². The molecule has 0 amide bonds. The molecule has 0 saturated carbocycles. The molecule has 0 spiro atoms. The Balaban J connectivity index is 2.29. The molecular weight excluding hydrogens is 176 g/mol. The second-order valence-corrected chi connectivity index (χ2v) is 3.42. The van der Waals surface area contributed by atoms with Crippen LogP contribution in [0.2, 0.25) is 0 Å². The minimum Gasteiger partial charge on any atom is -0.480 e. The van der Waals surface area contributed by atoms with Gasteiger partial charge in [-0.05, 0) is 19.3 Å². The van der Waals surface area contributed by atoms with E-state index < -0.39 is 0 Å². The Morgan fingerprint density at radius 2 is 2.21 bits per heavy atom. The number of ether oxygens (including phenoxy) is 1. The monoisotopic (exact) mass is 190 g/mol. The number of rotatable bonds is 2. The summed E-state index contributed by atoms with van der Waals surface area (Å²) in [6.07, 6.45) is 11.3. The maximum absolute atomic E-state index is 5.19.